The predicted octanol–water partition coefficient (Wildman–Crippen LogP) is 0.581. The van der Waals surface area contributed by atoms with Crippen molar-refractivity contribution < 1.29 is 13.0 Å². The molecule has 84 valence electrons. The first-order valence-corrected chi connectivity index (χ1v) is 8.78. The second-order valence-corrected chi connectivity index (χ2v) is 9.90. The molecular weight excluding hydrogens is 228 g/mol. The molecule has 1 rings (SSSR count). The quantitative estimate of drug-likeness (QED) is 0.611. The lowest BCUT2D eigenvalue weighted by atomic mass is 9.87. The van der Waals surface area contributed by atoms with Crippen LogP contribution in [-0.2, 0) is 15.0 Å². The van der Waals surface area contributed by atoms with Crippen molar-refractivity contribution in [3.63, 3.8) is 0 Å². The molecule has 0 unspecified atom stereocenters. The molecule has 0 fully saturated rings. The van der Waals surface area contributed by atoms with E-state index < -0.39 is 18.2 Å². The van der Waals surface area contributed by atoms with E-state index in [4.69, 9.17) is 4.55 Å². The van der Waals surface area contributed by atoms with Crippen LogP contribution in [0.5, 0.6) is 0 Å². The molecule has 1 N–H and O–H groups in total. The summed E-state index contributed by atoms with van der Waals surface area (Å²) in [6, 6.07) is 7.42. The van der Waals surface area contributed by atoms with Gasteiger partial charge in [-0.2, -0.15) is 0 Å². The standard InChI is InChI=1S/C10H16O3SSi/c1-10(2,3)8-6-4-5-7-9(8)15-14(11,12)13/h4-7H,15H2,1-3H3,(H,11,12,13). The van der Waals surface area contributed by atoms with Crippen molar-refractivity contribution in [2.24, 2.45) is 0 Å². The van der Waals surface area contributed by atoms with Crippen molar-refractivity contribution >= 4 is 23.4 Å². The molecule has 0 aliphatic carbocycles. The Kier molecular flexibility index (Phi) is 3.37. The monoisotopic (exact) mass is 244 g/mol. The molecule has 3 nitrogen and oxygen atoms in total. The number of rotatable bonds is 2. The first-order valence-electron chi connectivity index (χ1n) is 4.74. The highest BCUT2D eigenvalue weighted by Crippen LogP contribution is 2.19. The second kappa shape index (κ2) is 4.07. The maximum absolute atomic E-state index is 10.9. The smallest absolute Gasteiger partial charge is 0.229 e. The van der Waals surface area contributed by atoms with Crippen LogP contribution in [0.25, 0.3) is 0 Å². The zero-order valence-electron chi connectivity index (χ0n) is 9.19. The van der Waals surface area contributed by atoms with E-state index in [9.17, 15) is 8.42 Å². The van der Waals surface area contributed by atoms with Crippen LogP contribution in [0.4, 0.5) is 0 Å². The van der Waals surface area contributed by atoms with Crippen LogP contribution in [0.3, 0.4) is 0 Å². The van der Waals surface area contributed by atoms with Crippen LogP contribution in [0.1, 0.15) is 26.3 Å². The minimum atomic E-state index is -3.82. The van der Waals surface area contributed by atoms with Crippen molar-refractivity contribution in [1.82, 2.24) is 0 Å². The van der Waals surface area contributed by atoms with Gasteiger partial charge in [0.1, 0.15) is 0 Å². The highest BCUT2D eigenvalue weighted by molar-refractivity contribution is 8.12. The van der Waals surface area contributed by atoms with Crippen molar-refractivity contribution in [3.05, 3.63) is 29.8 Å². The van der Waals surface area contributed by atoms with E-state index in [1.165, 1.54) is 0 Å². The third-order valence-corrected chi connectivity index (χ3v) is 5.48. The van der Waals surface area contributed by atoms with Crippen LogP contribution in [0.15, 0.2) is 24.3 Å². The van der Waals surface area contributed by atoms with Crippen LogP contribution in [0, 0.1) is 0 Å². The maximum Gasteiger partial charge on any atom is 0.229 e. The summed E-state index contributed by atoms with van der Waals surface area (Å²) in [6.07, 6.45) is 0. The van der Waals surface area contributed by atoms with Gasteiger partial charge >= 0.3 is 0 Å². The summed E-state index contributed by atoms with van der Waals surface area (Å²) in [7, 11) is -5.48. The zero-order valence-corrected chi connectivity index (χ0v) is 11.4. The molecule has 0 spiro atoms. The fraction of sp³-hybridized carbons (Fsp3) is 0.400. The van der Waals surface area contributed by atoms with Gasteiger partial charge in [-0.3, -0.25) is 4.55 Å². The average molecular weight is 244 g/mol. The molecule has 15 heavy (non-hydrogen) atoms. The van der Waals surface area contributed by atoms with Crippen molar-refractivity contribution in [2.45, 2.75) is 26.2 Å². The zero-order chi connectivity index (χ0) is 11.7. The van der Waals surface area contributed by atoms with Gasteiger partial charge in [-0.05, 0) is 16.2 Å². The first-order chi connectivity index (χ1) is 6.70. The van der Waals surface area contributed by atoms with Gasteiger partial charge < -0.3 is 0 Å². The van der Waals surface area contributed by atoms with Crippen molar-refractivity contribution in [2.75, 3.05) is 0 Å². The first kappa shape index (κ1) is 12.4. The summed E-state index contributed by atoms with van der Waals surface area (Å²) < 4.78 is 30.7. The number of hydrogen-bond acceptors (Lipinski definition) is 2. The molecule has 0 aliphatic heterocycles. The predicted molar refractivity (Wildman–Crippen MR) is 64.9 cm³/mol. The van der Waals surface area contributed by atoms with Gasteiger partial charge in [0.2, 0.25) is 18.2 Å². The molecule has 0 saturated carbocycles. The highest BCUT2D eigenvalue weighted by Gasteiger charge is 2.20. The Balaban J connectivity index is 3.19. The van der Waals surface area contributed by atoms with Crippen LogP contribution in [-0.4, -0.2) is 21.6 Å². The van der Waals surface area contributed by atoms with Gasteiger partial charge in [-0.25, -0.2) is 8.42 Å². The summed E-state index contributed by atoms with van der Waals surface area (Å²) in [5.74, 6) is 0. The Labute approximate surface area is 92.7 Å². The third-order valence-electron chi connectivity index (χ3n) is 2.16. The minimum Gasteiger partial charge on any atom is -0.292 e. The van der Waals surface area contributed by atoms with Crippen LogP contribution in [0.2, 0.25) is 0 Å². The van der Waals surface area contributed by atoms with Gasteiger partial charge in [0.15, 0.2) is 0 Å². The summed E-state index contributed by atoms with van der Waals surface area (Å²) in [5.41, 5.74) is 0.920. The topological polar surface area (TPSA) is 54.4 Å². The van der Waals surface area contributed by atoms with E-state index in [2.05, 4.69) is 0 Å². The fourth-order valence-corrected chi connectivity index (χ4v) is 4.94. The van der Waals surface area contributed by atoms with Gasteiger partial charge in [-0.15, -0.1) is 0 Å². The van der Waals surface area contributed by atoms with Crippen LogP contribution >= 0.6 is 0 Å². The van der Waals surface area contributed by atoms with Gasteiger partial charge in [0.25, 0.3) is 0 Å². The van der Waals surface area contributed by atoms with Crippen molar-refractivity contribution in [1.29, 1.82) is 0 Å². The molecule has 0 aromatic heterocycles. The normalized spacial score (nSPS) is 13.6. The minimum absolute atomic E-state index is 0.0890. The summed E-state index contributed by atoms with van der Waals surface area (Å²) in [4.78, 5) is 0. The molecule has 0 heterocycles. The molecule has 0 aliphatic rings. The Morgan fingerprint density at radius 2 is 1.73 bits per heavy atom. The third kappa shape index (κ3) is 3.77. The molecule has 1 aromatic carbocycles. The highest BCUT2D eigenvalue weighted by atomic mass is 32.4. The molecule has 1 aromatic rings. The molecular formula is C10H16O3SSi. The molecule has 0 saturated heterocycles. The largest absolute Gasteiger partial charge is 0.292 e. The summed E-state index contributed by atoms with van der Waals surface area (Å²) >= 11 is 0. The Bertz CT molecular complexity index is 446. The van der Waals surface area contributed by atoms with Crippen LogP contribution < -0.4 is 5.19 Å². The summed E-state index contributed by atoms with van der Waals surface area (Å²) in [5, 5.41) is 0.799. The molecule has 0 atom stereocenters. The van der Waals surface area contributed by atoms with Gasteiger partial charge in [0.05, 0.1) is 0 Å². The molecule has 5 heteroatoms. The van der Waals surface area contributed by atoms with E-state index in [1.54, 1.807) is 6.07 Å². The SMILES string of the molecule is CC(C)(C)c1ccccc1[SiH2]S(=O)(=O)O. The van der Waals surface area contributed by atoms with E-state index in [0.29, 0.717) is 0 Å². The second-order valence-electron chi connectivity index (χ2n) is 4.63. The number of benzene rings is 1. The average Bonchev–Trinajstić information content (AvgIpc) is 1.99. The van der Waals surface area contributed by atoms with Gasteiger partial charge in [-0.1, -0.05) is 45.0 Å². The Morgan fingerprint density at radius 1 is 1.20 bits per heavy atom. The molecule has 0 bridgehead atoms. The Hall–Kier alpha value is -0.653. The molecule has 0 radical (unpaired) electrons. The Morgan fingerprint density at radius 3 is 2.20 bits per heavy atom. The lowest BCUT2D eigenvalue weighted by Crippen LogP contribution is -2.31. The lowest BCUT2D eigenvalue weighted by molar-refractivity contribution is 0.501. The van der Waals surface area contributed by atoms with E-state index in [0.717, 1.165) is 10.8 Å². The van der Waals surface area contributed by atoms with Gasteiger partial charge in [0, 0.05) is 0 Å². The summed E-state index contributed by atoms with van der Waals surface area (Å²) in [6.45, 7) is 6.10. The fourth-order valence-electron chi connectivity index (χ4n) is 1.57. The van der Waals surface area contributed by atoms with E-state index >= 15 is 0 Å². The van der Waals surface area contributed by atoms with E-state index in [-0.39, 0.29) is 5.41 Å². The lowest BCUT2D eigenvalue weighted by Gasteiger charge is -2.22. The number of hydrogen-bond donors (Lipinski definition) is 1. The molecule has 0 amide bonds. The maximum atomic E-state index is 10.9. The van der Waals surface area contributed by atoms with Crippen molar-refractivity contribution in [3.8, 4) is 0 Å². The van der Waals surface area contributed by atoms with E-state index in [1.807, 2.05) is 39.0 Å².